The fraction of sp³-hybridized carbons (Fsp3) is 0.875. The molecule has 4 heteroatoms. The molecule has 0 saturated carbocycles. The monoisotopic (exact) mass is 191 g/mol. The summed E-state index contributed by atoms with van der Waals surface area (Å²) in [7, 11) is 0. The topological polar surface area (TPSA) is 29.5 Å². The maximum absolute atomic E-state index is 11.1. The maximum Gasteiger partial charge on any atom is 0.419 e. The first-order chi connectivity index (χ1) is 5.49. The Bertz CT molecular complexity index is 150. The minimum absolute atomic E-state index is 0.0568. The third kappa shape index (κ3) is 3.85. The summed E-state index contributed by atoms with van der Waals surface area (Å²) in [4.78, 5) is 11.1. The van der Waals surface area contributed by atoms with E-state index in [-0.39, 0.29) is 12.2 Å². The molecule has 0 fully saturated rings. The highest BCUT2D eigenvalue weighted by molar-refractivity contribution is 7.78. The quantitative estimate of drug-likeness (QED) is 0.694. The van der Waals surface area contributed by atoms with Crippen LogP contribution in [-0.4, -0.2) is 23.0 Å². The summed E-state index contributed by atoms with van der Waals surface area (Å²) in [6.45, 7) is 8.28. The van der Waals surface area contributed by atoms with Crippen molar-refractivity contribution in [3.63, 3.8) is 0 Å². The lowest BCUT2D eigenvalue weighted by atomic mass is 10.1. The number of thiol groups is 1. The molecule has 72 valence electrons. The highest BCUT2D eigenvalue weighted by Gasteiger charge is 2.15. The lowest BCUT2D eigenvalue weighted by Crippen LogP contribution is -2.28. The van der Waals surface area contributed by atoms with Crippen LogP contribution in [0.3, 0.4) is 0 Å². The van der Waals surface area contributed by atoms with Crippen LogP contribution in [0, 0.1) is 5.92 Å². The third-order valence-corrected chi connectivity index (χ3v) is 2.18. The summed E-state index contributed by atoms with van der Waals surface area (Å²) in [5.41, 5.74) is 0. The van der Waals surface area contributed by atoms with E-state index in [1.165, 1.54) is 4.31 Å². The van der Waals surface area contributed by atoms with Crippen molar-refractivity contribution < 1.29 is 9.53 Å². The molecule has 0 bridgehead atoms. The number of ether oxygens (including phenoxy) is 1. The van der Waals surface area contributed by atoms with Crippen molar-refractivity contribution in [3.05, 3.63) is 0 Å². The Morgan fingerprint density at radius 2 is 2.00 bits per heavy atom. The van der Waals surface area contributed by atoms with Crippen LogP contribution in [0.4, 0.5) is 4.79 Å². The summed E-state index contributed by atoms with van der Waals surface area (Å²) >= 11 is 3.93. The van der Waals surface area contributed by atoms with Crippen molar-refractivity contribution in [2.24, 2.45) is 5.92 Å². The zero-order valence-corrected chi connectivity index (χ0v) is 8.97. The molecule has 0 aromatic rings. The van der Waals surface area contributed by atoms with Crippen LogP contribution in [0.1, 0.15) is 27.7 Å². The van der Waals surface area contributed by atoms with Crippen molar-refractivity contribution in [1.82, 2.24) is 4.31 Å². The molecule has 0 aromatic heterocycles. The van der Waals surface area contributed by atoms with Gasteiger partial charge < -0.3 is 4.74 Å². The number of rotatable bonds is 3. The summed E-state index contributed by atoms with van der Waals surface area (Å²) < 4.78 is 6.32. The third-order valence-electron chi connectivity index (χ3n) is 1.74. The van der Waals surface area contributed by atoms with Gasteiger partial charge in [-0.2, -0.15) is 0 Å². The van der Waals surface area contributed by atoms with Crippen molar-refractivity contribution in [3.8, 4) is 0 Å². The van der Waals surface area contributed by atoms with E-state index in [0.29, 0.717) is 12.5 Å². The molecule has 0 N–H and O–H groups in total. The molecule has 3 nitrogen and oxygen atoms in total. The fourth-order valence-electron chi connectivity index (χ4n) is 0.485. The molecule has 0 spiro atoms. The predicted molar refractivity (Wildman–Crippen MR) is 52.1 cm³/mol. The zero-order chi connectivity index (χ0) is 9.72. The van der Waals surface area contributed by atoms with Gasteiger partial charge in [0.25, 0.3) is 0 Å². The molecule has 0 aliphatic heterocycles. The lowest BCUT2D eigenvalue weighted by molar-refractivity contribution is 0.0697. The van der Waals surface area contributed by atoms with Gasteiger partial charge >= 0.3 is 6.09 Å². The first-order valence-electron chi connectivity index (χ1n) is 4.16. The van der Waals surface area contributed by atoms with Crippen LogP contribution in [-0.2, 0) is 4.74 Å². The minimum Gasteiger partial charge on any atom is -0.446 e. The van der Waals surface area contributed by atoms with E-state index >= 15 is 0 Å². The standard InChI is InChI=1S/C8H17NO2S/c1-5-9(12)8(10)11-7(4)6(2)3/h6-7,12H,5H2,1-4H3. The summed E-state index contributed by atoms with van der Waals surface area (Å²) in [6.07, 6.45) is -0.430. The average molecular weight is 191 g/mol. The molecule has 0 saturated heterocycles. The number of amides is 1. The van der Waals surface area contributed by atoms with Crippen molar-refractivity contribution >= 4 is 18.9 Å². The molecule has 0 heterocycles. The average Bonchev–Trinajstić information content (AvgIpc) is 2.02. The van der Waals surface area contributed by atoms with E-state index in [1.807, 2.05) is 27.7 Å². The molecule has 0 radical (unpaired) electrons. The number of nitrogens with zero attached hydrogens (tertiary/aromatic N) is 1. The van der Waals surface area contributed by atoms with E-state index in [1.54, 1.807) is 0 Å². The first-order valence-corrected chi connectivity index (χ1v) is 4.56. The molecular formula is C8H17NO2S. The second kappa shape index (κ2) is 5.30. The van der Waals surface area contributed by atoms with E-state index in [4.69, 9.17) is 4.74 Å². The molecule has 1 atom stereocenters. The molecule has 0 rings (SSSR count). The van der Waals surface area contributed by atoms with Crippen LogP contribution >= 0.6 is 12.8 Å². The molecule has 0 aliphatic rings. The van der Waals surface area contributed by atoms with Crippen LogP contribution < -0.4 is 0 Å². The highest BCUT2D eigenvalue weighted by atomic mass is 32.1. The van der Waals surface area contributed by atoms with E-state index in [0.717, 1.165) is 0 Å². The number of carbonyl (C=O) groups is 1. The summed E-state index contributed by atoms with van der Waals surface area (Å²) in [5.74, 6) is 0.340. The highest BCUT2D eigenvalue weighted by Crippen LogP contribution is 2.08. The molecule has 0 aliphatic carbocycles. The van der Waals surface area contributed by atoms with Gasteiger partial charge in [0, 0.05) is 6.54 Å². The van der Waals surface area contributed by atoms with Gasteiger partial charge in [-0.1, -0.05) is 26.7 Å². The number of hydrogen-bond acceptors (Lipinski definition) is 3. The largest absolute Gasteiger partial charge is 0.446 e. The molecule has 1 unspecified atom stereocenters. The SMILES string of the molecule is CCN(S)C(=O)OC(C)C(C)C. The van der Waals surface area contributed by atoms with E-state index in [9.17, 15) is 4.79 Å². The van der Waals surface area contributed by atoms with Crippen LogP contribution in [0.15, 0.2) is 0 Å². The second-order valence-corrected chi connectivity index (χ2v) is 3.53. The Labute approximate surface area is 79.6 Å². The van der Waals surface area contributed by atoms with Gasteiger partial charge in [-0.05, 0) is 19.8 Å². The fourth-order valence-corrected chi connectivity index (χ4v) is 0.532. The van der Waals surface area contributed by atoms with Crippen molar-refractivity contribution in [2.45, 2.75) is 33.8 Å². The van der Waals surface area contributed by atoms with Gasteiger partial charge in [-0.25, -0.2) is 4.79 Å². The molecule has 12 heavy (non-hydrogen) atoms. The Morgan fingerprint density at radius 1 is 1.50 bits per heavy atom. The minimum atomic E-state index is -0.373. The van der Waals surface area contributed by atoms with Crippen LogP contribution in [0.5, 0.6) is 0 Å². The Kier molecular flexibility index (Phi) is 5.13. The lowest BCUT2D eigenvalue weighted by Gasteiger charge is -2.20. The van der Waals surface area contributed by atoms with Gasteiger partial charge in [-0.15, -0.1) is 0 Å². The maximum atomic E-state index is 11.1. The van der Waals surface area contributed by atoms with E-state index < -0.39 is 0 Å². The Morgan fingerprint density at radius 3 is 2.33 bits per heavy atom. The normalized spacial score (nSPS) is 12.8. The number of carbonyl (C=O) groups excluding carboxylic acids is 1. The van der Waals surface area contributed by atoms with Gasteiger partial charge in [0.1, 0.15) is 6.10 Å². The summed E-state index contributed by atoms with van der Waals surface area (Å²) in [5, 5.41) is 0. The van der Waals surface area contributed by atoms with Gasteiger partial charge in [-0.3, -0.25) is 4.31 Å². The zero-order valence-electron chi connectivity index (χ0n) is 8.07. The Hall–Kier alpha value is -0.380. The summed E-state index contributed by atoms with van der Waals surface area (Å²) in [6, 6.07) is 0. The van der Waals surface area contributed by atoms with Gasteiger partial charge in [0.2, 0.25) is 0 Å². The van der Waals surface area contributed by atoms with Crippen LogP contribution in [0.25, 0.3) is 0 Å². The van der Waals surface area contributed by atoms with Crippen molar-refractivity contribution in [2.75, 3.05) is 6.54 Å². The van der Waals surface area contributed by atoms with Crippen molar-refractivity contribution in [1.29, 1.82) is 0 Å². The second-order valence-electron chi connectivity index (χ2n) is 3.05. The van der Waals surface area contributed by atoms with E-state index in [2.05, 4.69) is 12.8 Å². The smallest absolute Gasteiger partial charge is 0.419 e. The van der Waals surface area contributed by atoms with Gasteiger partial charge in [0.15, 0.2) is 0 Å². The first kappa shape index (κ1) is 11.6. The molecule has 1 amide bonds. The molecular weight excluding hydrogens is 174 g/mol. The Balaban J connectivity index is 3.84. The van der Waals surface area contributed by atoms with Crippen LogP contribution in [0.2, 0.25) is 0 Å². The van der Waals surface area contributed by atoms with Gasteiger partial charge in [0.05, 0.1) is 0 Å². The predicted octanol–water partition coefficient (Wildman–Crippen LogP) is 2.33. The molecule has 0 aromatic carbocycles. The number of hydrogen-bond donors (Lipinski definition) is 1.